The summed E-state index contributed by atoms with van der Waals surface area (Å²) in [5, 5.41) is 7.35. The van der Waals surface area contributed by atoms with Crippen LogP contribution in [0.15, 0.2) is 28.8 Å². The van der Waals surface area contributed by atoms with Crippen molar-refractivity contribution in [2.45, 2.75) is 31.7 Å². The van der Waals surface area contributed by atoms with Crippen LogP contribution in [0.1, 0.15) is 25.2 Å². The third-order valence-electron chi connectivity index (χ3n) is 3.38. The second-order valence-corrected chi connectivity index (χ2v) is 4.87. The van der Waals surface area contributed by atoms with Gasteiger partial charge in [0.05, 0.1) is 0 Å². The highest BCUT2D eigenvalue weighted by Gasteiger charge is 2.17. The van der Waals surface area contributed by atoms with Gasteiger partial charge in [-0.15, -0.1) is 0 Å². The van der Waals surface area contributed by atoms with Crippen LogP contribution in [-0.2, 0) is 6.42 Å². The molecule has 2 heterocycles. The Labute approximate surface area is 111 Å². The first-order valence-corrected chi connectivity index (χ1v) is 6.63. The molecular weight excluding hydrogens is 245 g/mol. The lowest BCUT2D eigenvalue weighted by molar-refractivity contribution is 0.331. The largest absolute Gasteiger partial charge is 0.339 e. The first-order chi connectivity index (χ1) is 9.31. The van der Waals surface area contributed by atoms with E-state index in [1.54, 1.807) is 12.1 Å². The van der Waals surface area contributed by atoms with Crippen molar-refractivity contribution >= 4 is 0 Å². The molecule has 0 aliphatic carbocycles. The van der Waals surface area contributed by atoms with Crippen molar-refractivity contribution in [2.75, 3.05) is 6.54 Å². The van der Waals surface area contributed by atoms with Gasteiger partial charge in [-0.3, -0.25) is 0 Å². The molecular formula is C14H16FN3O. The molecule has 1 aliphatic heterocycles. The second-order valence-electron chi connectivity index (χ2n) is 4.87. The molecule has 4 nitrogen and oxygen atoms in total. The number of rotatable bonds is 3. The molecule has 3 rings (SSSR count). The fourth-order valence-corrected chi connectivity index (χ4v) is 2.39. The number of aromatic nitrogens is 2. The van der Waals surface area contributed by atoms with E-state index < -0.39 is 0 Å². The van der Waals surface area contributed by atoms with Crippen LogP contribution in [0.4, 0.5) is 4.39 Å². The van der Waals surface area contributed by atoms with Crippen LogP contribution in [0.25, 0.3) is 11.4 Å². The highest BCUT2D eigenvalue weighted by Crippen LogP contribution is 2.18. The van der Waals surface area contributed by atoms with Crippen LogP contribution < -0.4 is 5.32 Å². The molecule has 19 heavy (non-hydrogen) atoms. The molecule has 1 aliphatic rings. The summed E-state index contributed by atoms with van der Waals surface area (Å²) in [5.74, 6) is 0.766. The SMILES string of the molecule is Fc1cccc(-c2noc(CC3CCCCN3)n2)c1. The second kappa shape index (κ2) is 5.48. The number of nitrogens with zero attached hydrogens (tertiary/aromatic N) is 2. The number of nitrogens with one attached hydrogen (secondary N) is 1. The molecule has 0 saturated carbocycles. The summed E-state index contributed by atoms with van der Waals surface area (Å²) in [7, 11) is 0. The molecule has 1 saturated heterocycles. The Morgan fingerprint density at radius 2 is 2.32 bits per heavy atom. The molecule has 1 atom stereocenters. The van der Waals surface area contributed by atoms with E-state index in [9.17, 15) is 4.39 Å². The lowest BCUT2D eigenvalue weighted by Crippen LogP contribution is -2.35. The maximum atomic E-state index is 13.1. The Kier molecular flexibility index (Phi) is 3.55. The van der Waals surface area contributed by atoms with Crippen molar-refractivity contribution in [1.29, 1.82) is 0 Å². The van der Waals surface area contributed by atoms with Gasteiger partial charge in [0.25, 0.3) is 0 Å². The van der Waals surface area contributed by atoms with E-state index in [0.717, 1.165) is 19.4 Å². The number of piperidine rings is 1. The lowest BCUT2D eigenvalue weighted by Gasteiger charge is -2.21. The van der Waals surface area contributed by atoms with E-state index in [2.05, 4.69) is 15.5 Å². The molecule has 1 unspecified atom stereocenters. The molecule has 0 amide bonds. The van der Waals surface area contributed by atoms with Gasteiger partial charge in [0.2, 0.25) is 11.7 Å². The predicted octanol–water partition coefficient (Wildman–Crippen LogP) is 2.56. The first kappa shape index (κ1) is 12.3. The zero-order chi connectivity index (χ0) is 13.1. The number of hydrogen-bond acceptors (Lipinski definition) is 4. The summed E-state index contributed by atoms with van der Waals surface area (Å²) in [6.07, 6.45) is 4.34. The van der Waals surface area contributed by atoms with Crippen molar-refractivity contribution < 1.29 is 8.91 Å². The molecule has 0 bridgehead atoms. The Morgan fingerprint density at radius 1 is 1.37 bits per heavy atom. The van der Waals surface area contributed by atoms with Gasteiger partial charge in [-0.1, -0.05) is 23.7 Å². The summed E-state index contributed by atoms with van der Waals surface area (Å²) < 4.78 is 18.4. The Bertz CT molecular complexity index is 549. The van der Waals surface area contributed by atoms with Crippen molar-refractivity contribution in [1.82, 2.24) is 15.5 Å². The Morgan fingerprint density at radius 3 is 3.11 bits per heavy atom. The van der Waals surface area contributed by atoms with Crippen LogP contribution >= 0.6 is 0 Å². The van der Waals surface area contributed by atoms with Gasteiger partial charge in [-0.2, -0.15) is 4.98 Å². The van der Waals surface area contributed by atoms with Gasteiger partial charge >= 0.3 is 0 Å². The van der Waals surface area contributed by atoms with Gasteiger partial charge < -0.3 is 9.84 Å². The third kappa shape index (κ3) is 2.98. The normalized spacial score (nSPS) is 19.5. The van der Waals surface area contributed by atoms with Gasteiger partial charge in [0.15, 0.2) is 0 Å². The van der Waals surface area contributed by atoms with Crippen molar-refractivity contribution in [2.24, 2.45) is 0 Å². The van der Waals surface area contributed by atoms with E-state index in [-0.39, 0.29) is 5.82 Å². The fourth-order valence-electron chi connectivity index (χ4n) is 2.39. The quantitative estimate of drug-likeness (QED) is 0.922. The number of halogens is 1. The number of benzene rings is 1. The van der Waals surface area contributed by atoms with E-state index in [4.69, 9.17) is 4.52 Å². The molecule has 5 heteroatoms. The lowest BCUT2D eigenvalue weighted by atomic mass is 10.0. The summed E-state index contributed by atoms with van der Waals surface area (Å²) >= 11 is 0. The summed E-state index contributed by atoms with van der Waals surface area (Å²) in [6, 6.07) is 6.64. The van der Waals surface area contributed by atoms with E-state index in [1.807, 2.05) is 0 Å². The highest BCUT2D eigenvalue weighted by atomic mass is 19.1. The molecule has 2 aromatic rings. The van der Waals surface area contributed by atoms with Crippen molar-refractivity contribution in [3.8, 4) is 11.4 Å². The maximum absolute atomic E-state index is 13.1. The van der Waals surface area contributed by atoms with Crippen molar-refractivity contribution in [3.63, 3.8) is 0 Å². The van der Waals surface area contributed by atoms with Gasteiger partial charge in [0, 0.05) is 18.0 Å². The van der Waals surface area contributed by atoms with Crippen LogP contribution in [0.5, 0.6) is 0 Å². The topological polar surface area (TPSA) is 51.0 Å². The fraction of sp³-hybridized carbons (Fsp3) is 0.429. The molecule has 1 aromatic carbocycles. The summed E-state index contributed by atoms with van der Waals surface area (Å²) in [6.45, 7) is 1.05. The molecule has 1 fully saturated rings. The standard InChI is InChI=1S/C14H16FN3O/c15-11-5-3-4-10(8-11)14-17-13(19-18-14)9-12-6-1-2-7-16-12/h3-5,8,12,16H,1-2,6-7,9H2. The van der Waals surface area contributed by atoms with Crippen molar-refractivity contribution in [3.05, 3.63) is 36.0 Å². The Balaban J connectivity index is 1.72. The summed E-state index contributed by atoms with van der Waals surface area (Å²) in [4.78, 5) is 4.33. The van der Waals surface area contributed by atoms with Gasteiger partial charge in [-0.05, 0) is 31.5 Å². The van der Waals surface area contributed by atoms with Gasteiger partial charge in [-0.25, -0.2) is 4.39 Å². The monoisotopic (exact) mass is 261 g/mol. The van der Waals surface area contributed by atoms with E-state index in [0.29, 0.717) is 23.3 Å². The first-order valence-electron chi connectivity index (χ1n) is 6.63. The van der Waals surface area contributed by atoms with Crippen LogP contribution in [0.2, 0.25) is 0 Å². The number of hydrogen-bond donors (Lipinski definition) is 1. The molecule has 0 radical (unpaired) electrons. The zero-order valence-electron chi connectivity index (χ0n) is 10.6. The molecule has 100 valence electrons. The van der Waals surface area contributed by atoms with E-state index in [1.165, 1.54) is 25.0 Å². The minimum atomic E-state index is -0.294. The minimum Gasteiger partial charge on any atom is -0.339 e. The average molecular weight is 261 g/mol. The smallest absolute Gasteiger partial charge is 0.228 e. The predicted molar refractivity (Wildman–Crippen MR) is 69.0 cm³/mol. The molecule has 1 aromatic heterocycles. The van der Waals surface area contributed by atoms with E-state index >= 15 is 0 Å². The van der Waals surface area contributed by atoms with Crippen LogP contribution in [0, 0.1) is 5.82 Å². The average Bonchev–Trinajstić information content (AvgIpc) is 2.88. The highest BCUT2D eigenvalue weighted by molar-refractivity contribution is 5.53. The maximum Gasteiger partial charge on any atom is 0.228 e. The Hall–Kier alpha value is -1.75. The third-order valence-corrected chi connectivity index (χ3v) is 3.38. The minimum absolute atomic E-state index is 0.294. The zero-order valence-corrected chi connectivity index (χ0v) is 10.6. The summed E-state index contributed by atoms with van der Waals surface area (Å²) in [5.41, 5.74) is 0.645. The van der Waals surface area contributed by atoms with Gasteiger partial charge in [0.1, 0.15) is 5.82 Å². The molecule has 1 N–H and O–H groups in total. The molecule has 0 spiro atoms. The van der Waals surface area contributed by atoms with Crippen LogP contribution in [-0.4, -0.2) is 22.7 Å². The van der Waals surface area contributed by atoms with Crippen LogP contribution in [0.3, 0.4) is 0 Å².